The van der Waals surface area contributed by atoms with Crippen LogP contribution in [0.2, 0.25) is 0 Å². The summed E-state index contributed by atoms with van der Waals surface area (Å²) in [6.07, 6.45) is 0. The zero-order valence-electron chi connectivity index (χ0n) is 12.6. The highest BCUT2D eigenvalue weighted by atomic mass is 19.3. The molecule has 0 saturated carbocycles. The van der Waals surface area contributed by atoms with Crippen molar-refractivity contribution in [3.8, 4) is 17.2 Å². The van der Waals surface area contributed by atoms with Crippen molar-refractivity contribution >= 4 is 5.69 Å². The lowest BCUT2D eigenvalue weighted by atomic mass is 10.1. The van der Waals surface area contributed by atoms with Crippen LogP contribution in [0, 0.1) is 0 Å². The summed E-state index contributed by atoms with van der Waals surface area (Å²) in [7, 11) is 0. The molecule has 0 aliphatic carbocycles. The van der Waals surface area contributed by atoms with Crippen molar-refractivity contribution in [2.45, 2.75) is 19.6 Å². The van der Waals surface area contributed by atoms with E-state index in [1.165, 1.54) is 12.1 Å². The summed E-state index contributed by atoms with van der Waals surface area (Å²) in [5.74, 6) is 1.56. The lowest BCUT2D eigenvalue weighted by molar-refractivity contribution is -0.0498. The van der Waals surface area contributed by atoms with E-state index in [2.05, 4.69) is 10.1 Å². The Labute approximate surface area is 133 Å². The van der Waals surface area contributed by atoms with Gasteiger partial charge in [0, 0.05) is 6.04 Å². The minimum absolute atomic E-state index is 0.0346. The number of alkyl halides is 2. The van der Waals surface area contributed by atoms with Gasteiger partial charge in [-0.2, -0.15) is 8.78 Å². The molecule has 1 aliphatic heterocycles. The van der Waals surface area contributed by atoms with Crippen LogP contribution in [0.15, 0.2) is 42.5 Å². The Balaban J connectivity index is 1.73. The average molecular weight is 321 g/mol. The Morgan fingerprint density at radius 1 is 1.04 bits per heavy atom. The molecule has 6 heteroatoms. The number of rotatable bonds is 5. The third kappa shape index (κ3) is 3.64. The first kappa shape index (κ1) is 15.4. The summed E-state index contributed by atoms with van der Waals surface area (Å²) in [4.78, 5) is 0. The largest absolute Gasteiger partial charge is 0.486 e. The number of hydrogen-bond donors (Lipinski definition) is 1. The molecular formula is C17H17F2NO3. The Hall–Kier alpha value is -2.50. The zero-order valence-corrected chi connectivity index (χ0v) is 12.6. The maximum absolute atomic E-state index is 12.2. The monoisotopic (exact) mass is 321 g/mol. The second kappa shape index (κ2) is 6.73. The molecule has 122 valence electrons. The summed E-state index contributed by atoms with van der Waals surface area (Å²) in [6, 6.07) is 12.2. The van der Waals surface area contributed by atoms with Crippen molar-refractivity contribution in [2.75, 3.05) is 18.5 Å². The summed E-state index contributed by atoms with van der Waals surface area (Å²) < 4.78 is 39.9. The van der Waals surface area contributed by atoms with E-state index in [9.17, 15) is 8.78 Å². The third-order valence-corrected chi connectivity index (χ3v) is 3.54. The fourth-order valence-corrected chi connectivity index (χ4v) is 2.44. The quantitative estimate of drug-likeness (QED) is 0.894. The van der Waals surface area contributed by atoms with Gasteiger partial charge in [-0.25, -0.2) is 0 Å². The smallest absolute Gasteiger partial charge is 0.387 e. The van der Waals surface area contributed by atoms with Crippen molar-refractivity contribution in [3.05, 3.63) is 48.0 Å². The highest BCUT2D eigenvalue weighted by Crippen LogP contribution is 2.38. The first-order valence-electron chi connectivity index (χ1n) is 7.33. The van der Waals surface area contributed by atoms with Crippen LogP contribution in [-0.4, -0.2) is 19.8 Å². The number of fused-ring (bicyclic) bond motifs is 1. The molecule has 0 amide bonds. The maximum Gasteiger partial charge on any atom is 0.387 e. The highest BCUT2D eigenvalue weighted by molar-refractivity contribution is 5.64. The van der Waals surface area contributed by atoms with Crippen molar-refractivity contribution in [1.29, 1.82) is 0 Å². The minimum atomic E-state index is -2.82. The molecule has 0 radical (unpaired) electrons. The van der Waals surface area contributed by atoms with E-state index in [-0.39, 0.29) is 11.8 Å². The predicted molar refractivity (Wildman–Crippen MR) is 82.5 cm³/mol. The van der Waals surface area contributed by atoms with Crippen LogP contribution < -0.4 is 19.5 Å². The van der Waals surface area contributed by atoms with Crippen LogP contribution in [0.5, 0.6) is 17.2 Å². The molecule has 1 heterocycles. The second-order valence-corrected chi connectivity index (χ2v) is 5.14. The number of ether oxygens (including phenoxy) is 3. The molecule has 3 rings (SSSR count). The number of nitrogens with one attached hydrogen (secondary N) is 1. The zero-order chi connectivity index (χ0) is 16.2. The number of para-hydroxylation sites is 1. The van der Waals surface area contributed by atoms with Gasteiger partial charge < -0.3 is 19.5 Å². The molecule has 2 aromatic rings. The van der Waals surface area contributed by atoms with Crippen molar-refractivity contribution < 1.29 is 23.0 Å². The molecule has 23 heavy (non-hydrogen) atoms. The van der Waals surface area contributed by atoms with Gasteiger partial charge in [-0.1, -0.05) is 18.2 Å². The van der Waals surface area contributed by atoms with Crippen molar-refractivity contribution in [3.63, 3.8) is 0 Å². The molecule has 0 aromatic heterocycles. The Kier molecular flexibility index (Phi) is 4.50. The van der Waals surface area contributed by atoms with Gasteiger partial charge >= 0.3 is 6.61 Å². The predicted octanol–water partition coefficient (Wildman–Crippen LogP) is 4.23. The fourth-order valence-electron chi connectivity index (χ4n) is 2.44. The average Bonchev–Trinajstić information content (AvgIpc) is 2.55. The summed E-state index contributed by atoms with van der Waals surface area (Å²) in [5, 5.41) is 3.35. The fraction of sp³-hybridized carbons (Fsp3) is 0.294. The van der Waals surface area contributed by atoms with Crippen LogP contribution in [-0.2, 0) is 0 Å². The molecule has 1 aliphatic rings. The van der Waals surface area contributed by atoms with Crippen molar-refractivity contribution in [2.24, 2.45) is 0 Å². The lowest BCUT2D eigenvalue weighted by Gasteiger charge is -2.23. The third-order valence-electron chi connectivity index (χ3n) is 3.54. The summed E-state index contributed by atoms with van der Waals surface area (Å²) in [6.45, 7) is 0.216. The molecule has 0 unspecified atom stereocenters. The van der Waals surface area contributed by atoms with Crippen LogP contribution in [0.25, 0.3) is 0 Å². The van der Waals surface area contributed by atoms with Crippen LogP contribution in [0.3, 0.4) is 0 Å². The Morgan fingerprint density at radius 2 is 1.78 bits per heavy atom. The van der Waals surface area contributed by atoms with E-state index >= 15 is 0 Å². The van der Waals surface area contributed by atoms with Crippen LogP contribution in [0.1, 0.15) is 18.5 Å². The molecule has 0 saturated heterocycles. The molecule has 0 fully saturated rings. The first-order chi connectivity index (χ1) is 11.1. The number of benzene rings is 2. The molecule has 4 nitrogen and oxygen atoms in total. The van der Waals surface area contributed by atoms with Gasteiger partial charge in [0.25, 0.3) is 0 Å². The summed E-state index contributed by atoms with van der Waals surface area (Å²) in [5.41, 5.74) is 1.78. The van der Waals surface area contributed by atoms with E-state index < -0.39 is 6.61 Å². The topological polar surface area (TPSA) is 39.7 Å². The van der Waals surface area contributed by atoms with E-state index in [0.717, 1.165) is 11.3 Å². The first-order valence-corrected chi connectivity index (χ1v) is 7.33. The van der Waals surface area contributed by atoms with Gasteiger partial charge in [-0.3, -0.25) is 0 Å². The Morgan fingerprint density at radius 3 is 2.52 bits per heavy atom. The van der Waals surface area contributed by atoms with Gasteiger partial charge in [-0.05, 0) is 36.8 Å². The van der Waals surface area contributed by atoms with E-state index in [1.807, 2.05) is 25.1 Å². The number of hydrogen-bond acceptors (Lipinski definition) is 4. The Bertz CT molecular complexity index is 661. The van der Waals surface area contributed by atoms with E-state index in [4.69, 9.17) is 9.47 Å². The van der Waals surface area contributed by atoms with Gasteiger partial charge in [0.2, 0.25) is 0 Å². The molecule has 1 atom stereocenters. The minimum Gasteiger partial charge on any atom is -0.486 e. The molecule has 1 N–H and O–H groups in total. The highest BCUT2D eigenvalue weighted by Gasteiger charge is 2.17. The number of halogens is 2. The standard InChI is InChI=1S/C17H17F2NO3/c1-11(12-5-7-13(8-6-12)23-17(18)19)20-14-3-2-4-15-16(14)22-10-9-21-15/h2-8,11,17,20H,9-10H2,1H3/t11-/m0/s1. The molecule has 2 aromatic carbocycles. The number of anilines is 1. The lowest BCUT2D eigenvalue weighted by Crippen LogP contribution is -2.17. The second-order valence-electron chi connectivity index (χ2n) is 5.14. The van der Waals surface area contributed by atoms with Gasteiger partial charge in [-0.15, -0.1) is 0 Å². The SMILES string of the molecule is C[C@H](Nc1cccc2c1OCCO2)c1ccc(OC(F)F)cc1. The van der Waals surface area contributed by atoms with Crippen molar-refractivity contribution in [1.82, 2.24) is 0 Å². The molecule has 0 bridgehead atoms. The van der Waals surface area contributed by atoms with Gasteiger partial charge in [0.05, 0.1) is 5.69 Å². The van der Waals surface area contributed by atoms with E-state index in [0.29, 0.717) is 24.7 Å². The molecule has 0 spiro atoms. The van der Waals surface area contributed by atoms with Crippen LogP contribution in [0.4, 0.5) is 14.5 Å². The summed E-state index contributed by atoms with van der Waals surface area (Å²) >= 11 is 0. The normalized spacial score (nSPS) is 14.4. The van der Waals surface area contributed by atoms with E-state index in [1.54, 1.807) is 12.1 Å². The maximum atomic E-state index is 12.2. The molecular weight excluding hydrogens is 304 g/mol. The van der Waals surface area contributed by atoms with Gasteiger partial charge in [0.1, 0.15) is 19.0 Å². The van der Waals surface area contributed by atoms with Gasteiger partial charge in [0.15, 0.2) is 11.5 Å². The van der Waals surface area contributed by atoms with Crippen LogP contribution >= 0.6 is 0 Å².